The van der Waals surface area contributed by atoms with Crippen LogP contribution in [0, 0.1) is 17.6 Å². The smallest absolute Gasteiger partial charge is 0.324 e. The first-order valence-electron chi connectivity index (χ1n) is 8.84. The summed E-state index contributed by atoms with van der Waals surface area (Å²) in [5.41, 5.74) is 0.883. The van der Waals surface area contributed by atoms with Crippen LogP contribution in [0.1, 0.15) is 18.4 Å². The molecule has 0 atom stereocenters. The maximum absolute atomic E-state index is 14.4. The Kier molecular flexibility index (Phi) is 6.44. The van der Waals surface area contributed by atoms with Crippen LogP contribution >= 0.6 is 15.9 Å². The van der Waals surface area contributed by atoms with Crippen LogP contribution in [0.5, 0.6) is 0 Å². The largest absolute Gasteiger partial charge is 0.396 e. The van der Waals surface area contributed by atoms with Crippen LogP contribution in [0.15, 0.2) is 46.9 Å². The number of aliphatic hydroxyl groups is 1. The summed E-state index contributed by atoms with van der Waals surface area (Å²) < 4.78 is 28.7. The highest BCUT2D eigenvalue weighted by Crippen LogP contribution is 2.26. The number of nitrogens with zero attached hydrogens (tertiary/aromatic N) is 2. The molecule has 0 spiro atoms. The van der Waals surface area contributed by atoms with Gasteiger partial charge in [0, 0.05) is 30.2 Å². The van der Waals surface area contributed by atoms with Crippen molar-refractivity contribution < 1.29 is 18.7 Å². The Balaban J connectivity index is 1.87. The van der Waals surface area contributed by atoms with Crippen LogP contribution < -0.4 is 4.90 Å². The minimum atomic E-state index is -0.772. The van der Waals surface area contributed by atoms with Gasteiger partial charge in [0.2, 0.25) is 0 Å². The highest BCUT2D eigenvalue weighted by Gasteiger charge is 2.28. The number of rotatable bonds is 4. The molecule has 0 aromatic heterocycles. The lowest BCUT2D eigenvalue weighted by molar-refractivity contribution is 0.140. The second-order valence-corrected chi connectivity index (χ2v) is 7.62. The lowest BCUT2D eigenvalue weighted by Crippen LogP contribution is -2.47. The standard InChI is InChI=1S/C20H21BrF2N2O2/c21-16-3-1-14(2-4-16)12-25(19-6-5-17(22)11-18(19)23)20(27)24-9-7-15(13-26)8-10-24/h1-6,11,15,26H,7-10,12-13H2. The van der Waals surface area contributed by atoms with Gasteiger partial charge in [-0.05, 0) is 48.6 Å². The predicted octanol–water partition coefficient (Wildman–Crippen LogP) is 4.56. The second-order valence-electron chi connectivity index (χ2n) is 6.70. The minimum absolute atomic E-state index is 0.0496. The van der Waals surface area contributed by atoms with E-state index in [1.54, 1.807) is 4.90 Å². The van der Waals surface area contributed by atoms with Crippen LogP contribution in [0.25, 0.3) is 0 Å². The molecule has 7 heteroatoms. The first kappa shape index (κ1) is 19.8. The number of piperidine rings is 1. The van der Waals surface area contributed by atoms with E-state index in [9.17, 15) is 18.7 Å². The van der Waals surface area contributed by atoms with Crippen molar-refractivity contribution in [3.8, 4) is 0 Å². The fraction of sp³-hybridized carbons (Fsp3) is 0.350. The summed E-state index contributed by atoms with van der Waals surface area (Å²) in [4.78, 5) is 16.1. The molecule has 2 aromatic carbocycles. The van der Waals surface area contributed by atoms with Crippen molar-refractivity contribution >= 4 is 27.6 Å². The third kappa shape index (κ3) is 4.84. The number of hydrogen-bond donors (Lipinski definition) is 1. The number of benzene rings is 2. The van der Waals surface area contributed by atoms with E-state index < -0.39 is 11.6 Å². The maximum Gasteiger partial charge on any atom is 0.324 e. The summed E-state index contributed by atoms with van der Waals surface area (Å²) in [7, 11) is 0. The van der Waals surface area contributed by atoms with E-state index in [-0.39, 0.29) is 30.8 Å². The average molecular weight is 439 g/mol. The van der Waals surface area contributed by atoms with Crippen LogP contribution in [0.4, 0.5) is 19.3 Å². The van der Waals surface area contributed by atoms with Gasteiger partial charge in [-0.1, -0.05) is 28.1 Å². The summed E-state index contributed by atoms with van der Waals surface area (Å²) in [6, 6.07) is 10.3. The Bertz CT molecular complexity index is 793. The van der Waals surface area contributed by atoms with E-state index in [4.69, 9.17) is 0 Å². The molecular formula is C20H21BrF2N2O2. The van der Waals surface area contributed by atoms with Gasteiger partial charge in [0.1, 0.15) is 11.6 Å². The highest BCUT2D eigenvalue weighted by molar-refractivity contribution is 9.10. The molecule has 0 radical (unpaired) electrons. The number of urea groups is 1. The van der Waals surface area contributed by atoms with E-state index in [1.807, 2.05) is 24.3 Å². The highest BCUT2D eigenvalue weighted by atomic mass is 79.9. The molecule has 1 heterocycles. The third-order valence-electron chi connectivity index (χ3n) is 4.83. The predicted molar refractivity (Wildman–Crippen MR) is 103 cm³/mol. The number of carbonyl (C=O) groups is 1. The fourth-order valence-electron chi connectivity index (χ4n) is 3.21. The van der Waals surface area contributed by atoms with Crippen molar-refractivity contribution in [2.24, 2.45) is 5.92 Å². The molecule has 144 valence electrons. The molecule has 0 bridgehead atoms. The molecular weight excluding hydrogens is 418 g/mol. The molecule has 4 nitrogen and oxygen atoms in total. The molecule has 3 rings (SSSR count). The summed E-state index contributed by atoms with van der Waals surface area (Å²) in [6.07, 6.45) is 1.42. The van der Waals surface area contributed by atoms with Gasteiger partial charge in [-0.15, -0.1) is 0 Å². The van der Waals surface area contributed by atoms with Crippen LogP contribution in [-0.4, -0.2) is 35.7 Å². The van der Waals surface area contributed by atoms with Crippen molar-refractivity contribution in [3.05, 3.63) is 64.1 Å². The number of likely N-dealkylation sites (tertiary alicyclic amines) is 1. The Labute approximate surface area is 165 Å². The zero-order chi connectivity index (χ0) is 19.4. The zero-order valence-corrected chi connectivity index (χ0v) is 16.3. The lowest BCUT2D eigenvalue weighted by atomic mass is 9.98. The molecule has 1 saturated heterocycles. The number of hydrogen-bond acceptors (Lipinski definition) is 2. The number of aliphatic hydroxyl groups excluding tert-OH is 1. The minimum Gasteiger partial charge on any atom is -0.396 e. The van der Waals surface area contributed by atoms with Crippen LogP contribution in [0.2, 0.25) is 0 Å². The number of amides is 2. The quantitative estimate of drug-likeness (QED) is 0.760. The molecule has 0 aliphatic carbocycles. The van der Waals surface area contributed by atoms with Crippen molar-refractivity contribution in [2.75, 3.05) is 24.6 Å². The van der Waals surface area contributed by atoms with Crippen molar-refractivity contribution in [3.63, 3.8) is 0 Å². The van der Waals surface area contributed by atoms with Crippen molar-refractivity contribution in [1.29, 1.82) is 0 Å². The van der Waals surface area contributed by atoms with Gasteiger partial charge in [0.15, 0.2) is 0 Å². The monoisotopic (exact) mass is 438 g/mol. The molecule has 0 saturated carbocycles. The summed E-state index contributed by atoms with van der Waals surface area (Å²) >= 11 is 3.37. The van der Waals surface area contributed by atoms with Gasteiger partial charge < -0.3 is 10.0 Å². The van der Waals surface area contributed by atoms with E-state index >= 15 is 0 Å². The lowest BCUT2D eigenvalue weighted by Gasteiger charge is -2.35. The third-order valence-corrected chi connectivity index (χ3v) is 5.36. The van der Waals surface area contributed by atoms with Crippen molar-refractivity contribution in [1.82, 2.24) is 4.90 Å². The van der Waals surface area contributed by atoms with Crippen LogP contribution in [-0.2, 0) is 6.54 Å². The molecule has 2 aromatic rings. The van der Waals surface area contributed by atoms with E-state index in [0.29, 0.717) is 25.9 Å². The molecule has 1 aliphatic rings. The molecule has 2 amide bonds. The van der Waals surface area contributed by atoms with Gasteiger partial charge in [-0.3, -0.25) is 4.90 Å². The Hall–Kier alpha value is -1.99. The van der Waals surface area contributed by atoms with E-state index in [0.717, 1.165) is 22.2 Å². The average Bonchev–Trinajstić information content (AvgIpc) is 2.68. The Morgan fingerprint density at radius 2 is 1.81 bits per heavy atom. The van der Waals surface area contributed by atoms with Crippen LogP contribution in [0.3, 0.4) is 0 Å². The molecule has 1 fully saturated rings. The SMILES string of the molecule is O=C(N1CCC(CO)CC1)N(Cc1ccc(Br)cc1)c1ccc(F)cc1F. The summed E-state index contributed by atoms with van der Waals surface area (Å²) in [5.74, 6) is -1.27. The van der Waals surface area contributed by atoms with Gasteiger partial charge in [-0.25, -0.2) is 13.6 Å². The molecule has 0 unspecified atom stereocenters. The van der Waals surface area contributed by atoms with E-state index in [1.165, 1.54) is 11.0 Å². The summed E-state index contributed by atoms with van der Waals surface area (Å²) in [6.45, 7) is 1.29. The topological polar surface area (TPSA) is 43.8 Å². The Morgan fingerprint density at radius 1 is 1.15 bits per heavy atom. The molecule has 1 N–H and O–H groups in total. The normalized spacial score (nSPS) is 15.0. The van der Waals surface area contributed by atoms with E-state index in [2.05, 4.69) is 15.9 Å². The maximum atomic E-state index is 14.4. The number of carbonyl (C=O) groups excluding carboxylic acids is 1. The van der Waals surface area contributed by atoms with Gasteiger partial charge >= 0.3 is 6.03 Å². The van der Waals surface area contributed by atoms with Gasteiger partial charge in [-0.2, -0.15) is 0 Å². The second kappa shape index (κ2) is 8.80. The first-order valence-corrected chi connectivity index (χ1v) is 9.64. The number of anilines is 1. The zero-order valence-electron chi connectivity index (χ0n) is 14.7. The fourth-order valence-corrected chi connectivity index (χ4v) is 3.47. The molecule has 27 heavy (non-hydrogen) atoms. The van der Waals surface area contributed by atoms with Gasteiger partial charge in [0.05, 0.1) is 12.2 Å². The first-order chi connectivity index (χ1) is 13.0. The molecule has 1 aliphatic heterocycles. The Morgan fingerprint density at radius 3 is 2.41 bits per heavy atom. The van der Waals surface area contributed by atoms with Gasteiger partial charge in [0.25, 0.3) is 0 Å². The summed E-state index contributed by atoms with van der Waals surface area (Å²) in [5, 5.41) is 9.28. The number of halogens is 3. The van der Waals surface area contributed by atoms with Crippen molar-refractivity contribution in [2.45, 2.75) is 19.4 Å².